The molecule has 106 valence electrons. The van der Waals surface area contributed by atoms with E-state index >= 15 is 0 Å². The third-order valence-corrected chi connectivity index (χ3v) is 4.82. The van der Waals surface area contributed by atoms with Gasteiger partial charge in [0.1, 0.15) is 10.6 Å². The zero-order valence-corrected chi connectivity index (χ0v) is 11.8. The number of hydrogen-bond donors (Lipinski definition) is 2. The lowest BCUT2D eigenvalue weighted by atomic mass is 9.94. The Morgan fingerprint density at radius 2 is 2.11 bits per heavy atom. The molecule has 1 fully saturated rings. The number of aromatic nitrogens is 1. The first-order valence-corrected chi connectivity index (χ1v) is 7.77. The summed E-state index contributed by atoms with van der Waals surface area (Å²) < 4.78 is 28.3. The van der Waals surface area contributed by atoms with Gasteiger partial charge in [-0.15, -0.1) is 0 Å². The third-order valence-electron chi connectivity index (χ3n) is 3.34. The van der Waals surface area contributed by atoms with Crippen LogP contribution in [0.2, 0.25) is 0 Å². The lowest BCUT2D eigenvalue weighted by Gasteiger charge is -2.25. The van der Waals surface area contributed by atoms with E-state index < -0.39 is 16.0 Å². The van der Waals surface area contributed by atoms with E-state index in [1.807, 2.05) is 13.8 Å². The first-order valence-electron chi connectivity index (χ1n) is 6.29. The van der Waals surface area contributed by atoms with Crippen molar-refractivity contribution in [3.05, 3.63) is 18.0 Å². The fourth-order valence-corrected chi connectivity index (χ4v) is 3.34. The van der Waals surface area contributed by atoms with Crippen LogP contribution in [0.25, 0.3) is 0 Å². The molecular weight excluding hydrogens is 268 g/mol. The Hall–Kier alpha value is -1.34. The van der Waals surface area contributed by atoms with Crippen LogP contribution in [-0.2, 0) is 10.0 Å². The molecule has 1 aromatic rings. The van der Waals surface area contributed by atoms with Crippen molar-refractivity contribution in [2.75, 3.05) is 0 Å². The van der Waals surface area contributed by atoms with Crippen molar-refractivity contribution < 1.29 is 18.3 Å². The number of nitrogens with one attached hydrogen (secondary N) is 1. The lowest BCUT2D eigenvalue weighted by Crippen LogP contribution is -2.39. The molecule has 7 heteroatoms. The average Bonchev–Trinajstić information content (AvgIpc) is 2.69. The molecule has 1 heterocycles. The van der Waals surface area contributed by atoms with E-state index in [9.17, 15) is 13.2 Å². The predicted octanol–water partition coefficient (Wildman–Crippen LogP) is 1.60. The number of hydrogen-bond acceptors (Lipinski definition) is 3. The summed E-state index contributed by atoms with van der Waals surface area (Å²) in [6.45, 7) is 3.62. The van der Waals surface area contributed by atoms with Crippen molar-refractivity contribution in [2.24, 2.45) is 0 Å². The number of rotatable bonds is 5. The Bertz CT molecular complexity index is 585. The minimum atomic E-state index is -3.62. The topological polar surface area (TPSA) is 88.4 Å². The summed E-state index contributed by atoms with van der Waals surface area (Å²) in [5.74, 6) is -1.13. The van der Waals surface area contributed by atoms with Gasteiger partial charge in [0, 0.05) is 18.3 Å². The van der Waals surface area contributed by atoms with Crippen molar-refractivity contribution in [1.29, 1.82) is 0 Å². The van der Waals surface area contributed by atoms with E-state index in [1.165, 1.54) is 16.8 Å². The van der Waals surface area contributed by atoms with E-state index in [0.29, 0.717) is 0 Å². The van der Waals surface area contributed by atoms with Gasteiger partial charge in [0.05, 0.1) is 0 Å². The summed E-state index contributed by atoms with van der Waals surface area (Å²) in [6.07, 6.45) is 4.10. The third kappa shape index (κ3) is 2.82. The maximum Gasteiger partial charge on any atom is 0.352 e. The Balaban J connectivity index is 2.34. The second-order valence-corrected chi connectivity index (χ2v) is 6.83. The molecule has 0 bridgehead atoms. The largest absolute Gasteiger partial charge is 0.477 e. The molecule has 0 amide bonds. The van der Waals surface area contributed by atoms with Crippen molar-refractivity contribution in [3.8, 4) is 0 Å². The molecule has 0 radical (unpaired) electrons. The number of carboxylic acids is 1. The van der Waals surface area contributed by atoms with Gasteiger partial charge >= 0.3 is 5.97 Å². The molecule has 6 nitrogen and oxygen atoms in total. The van der Waals surface area contributed by atoms with Gasteiger partial charge < -0.3 is 9.67 Å². The van der Waals surface area contributed by atoms with Crippen LogP contribution >= 0.6 is 0 Å². The molecule has 1 saturated carbocycles. The van der Waals surface area contributed by atoms with Crippen LogP contribution in [0, 0.1) is 0 Å². The van der Waals surface area contributed by atoms with Crippen molar-refractivity contribution in [3.63, 3.8) is 0 Å². The van der Waals surface area contributed by atoms with Crippen LogP contribution in [0.1, 0.15) is 49.6 Å². The monoisotopic (exact) mass is 286 g/mol. The summed E-state index contributed by atoms with van der Waals surface area (Å²) >= 11 is 0. The maximum atomic E-state index is 12.1. The van der Waals surface area contributed by atoms with E-state index in [0.717, 1.165) is 19.3 Å². The summed E-state index contributed by atoms with van der Waals surface area (Å²) in [5.41, 5.74) is -0.0102. The average molecular weight is 286 g/mol. The Labute approximate surface area is 112 Å². The molecule has 1 aliphatic rings. The predicted molar refractivity (Wildman–Crippen MR) is 69.7 cm³/mol. The van der Waals surface area contributed by atoms with E-state index in [1.54, 1.807) is 0 Å². The molecule has 2 rings (SSSR count). The van der Waals surface area contributed by atoms with Gasteiger partial charge in [-0.1, -0.05) is 6.42 Å². The van der Waals surface area contributed by atoms with Gasteiger partial charge in [-0.3, -0.25) is 0 Å². The molecule has 0 unspecified atom stereocenters. The lowest BCUT2D eigenvalue weighted by molar-refractivity contribution is 0.0683. The number of sulfonamides is 1. The summed E-state index contributed by atoms with van der Waals surface area (Å²) in [7, 11) is -3.62. The highest BCUT2D eigenvalue weighted by Gasteiger charge is 2.27. The van der Waals surface area contributed by atoms with Crippen molar-refractivity contribution in [2.45, 2.75) is 50.1 Å². The molecule has 0 saturated heterocycles. The first kappa shape index (κ1) is 14.1. The van der Waals surface area contributed by atoms with E-state index in [-0.39, 0.29) is 22.7 Å². The second-order valence-electron chi connectivity index (χ2n) is 5.12. The highest BCUT2D eigenvalue weighted by Crippen LogP contribution is 2.23. The molecule has 0 aliphatic heterocycles. The Kier molecular flexibility index (Phi) is 3.69. The summed E-state index contributed by atoms with van der Waals surface area (Å²) in [5, 5.41) is 9.10. The van der Waals surface area contributed by atoms with Gasteiger partial charge in [0.15, 0.2) is 0 Å². The van der Waals surface area contributed by atoms with Crippen LogP contribution in [0.5, 0.6) is 0 Å². The Morgan fingerprint density at radius 3 is 2.47 bits per heavy atom. The highest BCUT2D eigenvalue weighted by atomic mass is 32.2. The molecule has 2 N–H and O–H groups in total. The van der Waals surface area contributed by atoms with Crippen LogP contribution in [-0.4, -0.2) is 30.1 Å². The van der Waals surface area contributed by atoms with Gasteiger partial charge in [-0.2, -0.15) is 0 Å². The zero-order chi connectivity index (χ0) is 14.2. The standard InChI is InChI=1S/C12H18N2O4S/c1-8(2)14-7-10(6-11(14)12(15)16)19(17,18)13-9-4-3-5-9/h6-9,13H,3-5H2,1-2H3,(H,15,16). The fourth-order valence-electron chi connectivity index (χ4n) is 2.01. The molecule has 19 heavy (non-hydrogen) atoms. The molecule has 1 aromatic heterocycles. The Morgan fingerprint density at radius 1 is 1.47 bits per heavy atom. The number of aromatic carboxylic acids is 1. The van der Waals surface area contributed by atoms with E-state index in [4.69, 9.17) is 5.11 Å². The minimum Gasteiger partial charge on any atom is -0.477 e. The number of nitrogens with zero attached hydrogens (tertiary/aromatic N) is 1. The molecule has 0 atom stereocenters. The maximum absolute atomic E-state index is 12.1. The fraction of sp³-hybridized carbons (Fsp3) is 0.583. The molecule has 0 spiro atoms. The summed E-state index contributed by atoms with van der Waals surface area (Å²) in [4.78, 5) is 11.1. The molecular formula is C12H18N2O4S. The van der Waals surface area contributed by atoms with Gasteiger partial charge in [0.2, 0.25) is 10.0 Å². The number of carboxylic acid groups (broad SMARTS) is 1. The summed E-state index contributed by atoms with van der Waals surface area (Å²) in [6, 6.07) is 1.09. The SMILES string of the molecule is CC(C)n1cc(S(=O)(=O)NC2CCC2)cc1C(=O)O. The first-order chi connectivity index (χ1) is 8.81. The molecule has 1 aliphatic carbocycles. The van der Waals surface area contributed by atoms with Crippen LogP contribution in [0.4, 0.5) is 0 Å². The highest BCUT2D eigenvalue weighted by molar-refractivity contribution is 7.89. The van der Waals surface area contributed by atoms with E-state index in [2.05, 4.69) is 4.72 Å². The minimum absolute atomic E-state index is 0.0102. The van der Waals surface area contributed by atoms with Crippen LogP contribution in [0.15, 0.2) is 17.2 Å². The number of carbonyl (C=O) groups is 1. The van der Waals surface area contributed by atoms with Crippen molar-refractivity contribution >= 4 is 16.0 Å². The second kappa shape index (κ2) is 4.97. The normalized spacial score (nSPS) is 16.6. The quantitative estimate of drug-likeness (QED) is 0.860. The van der Waals surface area contributed by atoms with Gasteiger partial charge in [-0.25, -0.2) is 17.9 Å². The van der Waals surface area contributed by atoms with Crippen LogP contribution in [0.3, 0.4) is 0 Å². The zero-order valence-electron chi connectivity index (χ0n) is 11.0. The van der Waals surface area contributed by atoms with Crippen LogP contribution < -0.4 is 4.72 Å². The van der Waals surface area contributed by atoms with Crippen molar-refractivity contribution in [1.82, 2.24) is 9.29 Å². The van der Waals surface area contributed by atoms with Gasteiger partial charge in [-0.05, 0) is 32.8 Å². The molecule has 0 aromatic carbocycles. The van der Waals surface area contributed by atoms with Gasteiger partial charge in [0.25, 0.3) is 0 Å². The smallest absolute Gasteiger partial charge is 0.352 e.